The van der Waals surface area contributed by atoms with Crippen molar-refractivity contribution in [2.24, 2.45) is 0 Å². The van der Waals surface area contributed by atoms with E-state index in [1.54, 1.807) is 0 Å². The minimum absolute atomic E-state index is 0. The molecule has 4 heteroatoms. The molecule has 94 valence electrons. The lowest BCUT2D eigenvalue weighted by Gasteiger charge is -2.10. The Morgan fingerprint density at radius 1 is 1.35 bits per heavy atom. The number of hydrogen-bond donors (Lipinski definition) is 2. The molecule has 1 atom stereocenters. The van der Waals surface area contributed by atoms with Crippen LogP contribution >= 0.6 is 12.4 Å². The molecule has 2 N–H and O–H groups in total. The molecule has 1 saturated heterocycles. The van der Waals surface area contributed by atoms with E-state index < -0.39 is 0 Å². The van der Waals surface area contributed by atoms with Gasteiger partial charge in [0.2, 0.25) is 5.91 Å². The Labute approximate surface area is 108 Å². The maximum atomic E-state index is 11.6. The summed E-state index contributed by atoms with van der Waals surface area (Å²) in [6.07, 6.45) is 2.46. The summed E-state index contributed by atoms with van der Waals surface area (Å²) in [5.74, 6) is 0.164. The fourth-order valence-corrected chi connectivity index (χ4v) is 1.98. The van der Waals surface area contributed by atoms with Gasteiger partial charge in [0.15, 0.2) is 0 Å². The lowest BCUT2D eigenvalue weighted by atomic mass is 10.1. The molecule has 1 amide bonds. The molecule has 2 rings (SSSR count). The highest BCUT2D eigenvalue weighted by molar-refractivity contribution is 5.85. The molecule has 0 radical (unpaired) electrons. The van der Waals surface area contributed by atoms with Crippen LogP contribution in [-0.2, 0) is 11.2 Å². The van der Waals surface area contributed by atoms with Gasteiger partial charge in [-0.25, -0.2) is 0 Å². The van der Waals surface area contributed by atoms with E-state index in [-0.39, 0.29) is 18.3 Å². The van der Waals surface area contributed by atoms with Crippen LogP contribution in [0.15, 0.2) is 30.3 Å². The van der Waals surface area contributed by atoms with Crippen LogP contribution in [-0.4, -0.2) is 25.0 Å². The third-order valence-corrected chi connectivity index (χ3v) is 2.91. The number of nitrogens with one attached hydrogen (secondary N) is 2. The molecule has 1 aliphatic heterocycles. The molecule has 0 aliphatic carbocycles. The molecule has 1 unspecified atom stereocenters. The van der Waals surface area contributed by atoms with Crippen LogP contribution in [0.5, 0.6) is 0 Å². The molecule has 1 aromatic carbocycles. The van der Waals surface area contributed by atoms with Crippen molar-refractivity contribution in [3.8, 4) is 0 Å². The van der Waals surface area contributed by atoms with Crippen LogP contribution in [0.4, 0.5) is 0 Å². The van der Waals surface area contributed by atoms with E-state index in [2.05, 4.69) is 22.8 Å². The van der Waals surface area contributed by atoms with E-state index in [4.69, 9.17) is 0 Å². The average Bonchev–Trinajstić information content (AvgIpc) is 2.81. The number of benzene rings is 1. The largest absolute Gasteiger partial charge is 0.352 e. The highest BCUT2D eigenvalue weighted by atomic mass is 35.5. The first-order valence-electron chi connectivity index (χ1n) is 5.88. The van der Waals surface area contributed by atoms with Crippen molar-refractivity contribution in [1.82, 2.24) is 10.6 Å². The normalized spacial score (nSPS) is 18.5. The molecule has 0 aromatic heterocycles. The maximum absolute atomic E-state index is 11.6. The second kappa shape index (κ2) is 7.30. The van der Waals surface area contributed by atoms with Gasteiger partial charge in [-0.3, -0.25) is 4.79 Å². The van der Waals surface area contributed by atoms with Crippen molar-refractivity contribution < 1.29 is 4.79 Å². The Morgan fingerprint density at radius 3 is 2.76 bits per heavy atom. The van der Waals surface area contributed by atoms with Gasteiger partial charge < -0.3 is 10.6 Å². The molecule has 1 fully saturated rings. The summed E-state index contributed by atoms with van der Waals surface area (Å²) in [6, 6.07) is 10.5. The second-order valence-electron chi connectivity index (χ2n) is 4.24. The van der Waals surface area contributed by atoms with Gasteiger partial charge in [-0.15, -0.1) is 12.4 Å². The standard InChI is InChI=1S/C13H18N2O.ClH/c16-13(15-12-8-9-14-10-12)7-6-11-4-2-1-3-5-11;/h1-5,12,14H,6-10H2,(H,15,16);1H. The fourth-order valence-electron chi connectivity index (χ4n) is 1.98. The molecule has 0 spiro atoms. The summed E-state index contributed by atoms with van der Waals surface area (Å²) >= 11 is 0. The Kier molecular flexibility index (Phi) is 6.01. The Morgan fingerprint density at radius 2 is 2.12 bits per heavy atom. The fraction of sp³-hybridized carbons (Fsp3) is 0.462. The first kappa shape index (κ1) is 14.0. The average molecular weight is 255 g/mol. The third-order valence-electron chi connectivity index (χ3n) is 2.91. The second-order valence-corrected chi connectivity index (χ2v) is 4.24. The number of aryl methyl sites for hydroxylation is 1. The topological polar surface area (TPSA) is 41.1 Å². The van der Waals surface area contributed by atoms with Crippen LogP contribution in [0.3, 0.4) is 0 Å². The van der Waals surface area contributed by atoms with E-state index in [1.807, 2.05) is 18.2 Å². The number of carbonyl (C=O) groups excluding carboxylic acids is 1. The molecular formula is C13H19ClN2O. The van der Waals surface area contributed by atoms with Crippen LogP contribution in [0.2, 0.25) is 0 Å². The highest BCUT2D eigenvalue weighted by Gasteiger charge is 2.15. The van der Waals surface area contributed by atoms with Crippen molar-refractivity contribution in [2.75, 3.05) is 13.1 Å². The van der Waals surface area contributed by atoms with Gasteiger partial charge in [0.1, 0.15) is 0 Å². The summed E-state index contributed by atoms with van der Waals surface area (Å²) in [5.41, 5.74) is 1.22. The summed E-state index contributed by atoms with van der Waals surface area (Å²) in [4.78, 5) is 11.6. The molecule has 17 heavy (non-hydrogen) atoms. The van der Waals surface area contributed by atoms with E-state index >= 15 is 0 Å². The van der Waals surface area contributed by atoms with E-state index in [1.165, 1.54) is 5.56 Å². The Bertz CT molecular complexity index is 337. The monoisotopic (exact) mass is 254 g/mol. The van der Waals surface area contributed by atoms with Crippen LogP contribution in [0.25, 0.3) is 0 Å². The van der Waals surface area contributed by atoms with Crippen molar-refractivity contribution in [2.45, 2.75) is 25.3 Å². The summed E-state index contributed by atoms with van der Waals surface area (Å²) in [7, 11) is 0. The number of hydrogen-bond acceptors (Lipinski definition) is 2. The Hall–Kier alpha value is -1.06. The number of amides is 1. The van der Waals surface area contributed by atoms with Gasteiger partial charge in [0.05, 0.1) is 0 Å². The van der Waals surface area contributed by atoms with Gasteiger partial charge in [-0.2, -0.15) is 0 Å². The Balaban J connectivity index is 0.00000144. The minimum Gasteiger partial charge on any atom is -0.352 e. The number of halogens is 1. The number of rotatable bonds is 4. The summed E-state index contributed by atoms with van der Waals surface area (Å²) in [6.45, 7) is 1.93. The molecule has 0 saturated carbocycles. The number of carbonyl (C=O) groups is 1. The predicted octanol–water partition coefficient (Wildman–Crippen LogP) is 1.52. The van der Waals surface area contributed by atoms with E-state index in [9.17, 15) is 4.79 Å². The molecule has 1 heterocycles. The minimum atomic E-state index is 0. The molecule has 3 nitrogen and oxygen atoms in total. The van der Waals surface area contributed by atoms with Crippen LogP contribution in [0, 0.1) is 0 Å². The first-order chi connectivity index (χ1) is 7.84. The molecule has 0 bridgehead atoms. The van der Waals surface area contributed by atoms with Crippen LogP contribution in [0.1, 0.15) is 18.4 Å². The molecular weight excluding hydrogens is 236 g/mol. The van der Waals surface area contributed by atoms with E-state index in [0.717, 1.165) is 25.9 Å². The quantitative estimate of drug-likeness (QED) is 0.856. The van der Waals surface area contributed by atoms with Crippen molar-refractivity contribution in [3.63, 3.8) is 0 Å². The van der Waals surface area contributed by atoms with Crippen molar-refractivity contribution in [1.29, 1.82) is 0 Å². The SMILES string of the molecule is Cl.O=C(CCc1ccccc1)NC1CCNC1. The molecule has 1 aromatic rings. The van der Waals surface area contributed by atoms with Crippen molar-refractivity contribution >= 4 is 18.3 Å². The smallest absolute Gasteiger partial charge is 0.220 e. The van der Waals surface area contributed by atoms with Gasteiger partial charge in [0.25, 0.3) is 0 Å². The summed E-state index contributed by atoms with van der Waals surface area (Å²) in [5, 5.41) is 6.28. The highest BCUT2D eigenvalue weighted by Crippen LogP contribution is 2.03. The summed E-state index contributed by atoms with van der Waals surface area (Å²) < 4.78 is 0. The lowest BCUT2D eigenvalue weighted by molar-refractivity contribution is -0.121. The third kappa shape index (κ3) is 4.75. The lowest BCUT2D eigenvalue weighted by Crippen LogP contribution is -2.36. The van der Waals surface area contributed by atoms with Gasteiger partial charge in [-0.1, -0.05) is 30.3 Å². The first-order valence-corrected chi connectivity index (χ1v) is 5.88. The van der Waals surface area contributed by atoms with Crippen molar-refractivity contribution in [3.05, 3.63) is 35.9 Å². The van der Waals surface area contributed by atoms with Gasteiger partial charge >= 0.3 is 0 Å². The van der Waals surface area contributed by atoms with E-state index in [0.29, 0.717) is 12.5 Å². The van der Waals surface area contributed by atoms with Gasteiger partial charge in [0, 0.05) is 19.0 Å². The zero-order valence-electron chi connectivity index (χ0n) is 9.82. The zero-order chi connectivity index (χ0) is 11.2. The molecule has 1 aliphatic rings. The maximum Gasteiger partial charge on any atom is 0.220 e. The van der Waals surface area contributed by atoms with Gasteiger partial charge in [-0.05, 0) is 24.9 Å². The predicted molar refractivity (Wildman–Crippen MR) is 71.4 cm³/mol. The van der Waals surface area contributed by atoms with Crippen LogP contribution < -0.4 is 10.6 Å². The zero-order valence-corrected chi connectivity index (χ0v) is 10.6.